The second kappa shape index (κ2) is 7.62. The van der Waals surface area contributed by atoms with Crippen LogP contribution in [0.5, 0.6) is 0 Å². The first-order valence-corrected chi connectivity index (χ1v) is 6.55. The van der Waals surface area contributed by atoms with E-state index >= 15 is 0 Å². The van der Waals surface area contributed by atoms with Crippen LogP contribution in [-0.2, 0) is 23.9 Å². The monoisotopic (exact) mass is 284 g/mol. The molecule has 0 aromatic rings. The topological polar surface area (TPSA) is 94.1 Å². The van der Waals surface area contributed by atoms with Gasteiger partial charge in [0, 0.05) is 6.92 Å². The lowest BCUT2D eigenvalue weighted by Crippen LogP contribution is -2.37. The Hall–Kier alpha value is -1.92. The predicted molar refractivity (Wildman–Crippen MR) is 71.3 cm³/mol. The van der Waals surface area contributed by atoms with Gasteiger partial charge in [-0.2, -0.15) is 0 Å². The predicted octanol–water partition coefficient (Wildman–Crippen LogP) is 0.221. The van der Waals surface area contributed by atoms with Gasteiger partial charge in [0.2, 0.25) is 0 Å². The zero-order valence-electron chi connectivity index (χ0n) is 12.0. The summed E-state index contributed by atoms with van der Waals surface area (Å²) >= 11 is 0. The summed E-state index contributed by atoms with van der Waals surface area (Å²) in [5.41, 5.74) is 0. The van der Waals surface area contributed by atoms with Crippen LogP contribution in [0.1, 0.15) is 33.6 Å². The molecule has 1 unspecified atom stereocenters. The van der Waals surface area contributed by atoms with Crippen molar-refractivity contribution in [2.75, 3.05) is 13.2 Å². The first kappa shape index (κ1) is 16.1. The molecular formula is C13H20N2O5. The second-order valence-corrected chi connectivity index (χ2v) is 4.81. The summed E-state index contributed by atoms with van der Waals surface area (Å²) in [7, 11) is 0. The van der Waals surface area contributed by atoms with Crippen molar-refractivity contribution in [3.05, 3.63) is 0 Å². The average Bonchev–Trinajstić information content (AvgIpc) is 2.82. The fraction of sp³-hybridized carbons (Fsp3) is 0.692. The Kier molecular flexibility index (Phi) is 6.14. The van der Waals surface area contributed by atoms with Gasteiger partial charge in [0.15, 0.2) is 11.6 Å². The summed E-state index contributed by atoms with van der Waals surface area (Å²) in [5.74, 6) is -0.719. The van der Waals surface area contributed by atoms with Crippen LogP contribution in [-0.4, -0.2) is 48.9 Å². The third-order valence-electron chi connectivity index (χ3n) is 2.49. The number of carbonyl (C=O) groups excluding carboxylic acids is 3. The van der Waals surface area contributed by atoms with E-state index in [4.69, 9.17) is 9.47 Å². The molecule has 0 fully saturated rings. The molecule has 1 heterocycles. The number of esters is 2. The fourth-order valence-electron chi connectivity index (χ4n) is 1.59. The third kappa shape index (κ3) is 5.81. The highest BCUT2D eigenvalue weighted by Gasteiger charge is 2.21. The Balaban J connectivity index is 2.16. The van der Waals surface area contributed by atoms with Crippen molar-refractivity contribution in [2.45, 2.75) is 45.8 Å². The Morgan fingerprint density at radius 2 is 1.95 bits per heavy atom. The van der Waals surface area contributed by atoms with Crippen LogP contribution < -0.4 is 5.32 Å². The molecule has 0 saturated heterocycles. The molecule has 1 atom stereocenters. The summed E-state index contributed by atoms with van der Waals surface area (Å²) < 4.78 is 9.92. The van der Waals surface area contributed by atoms with Gasteiger partial charge in [-0.3, -0.25) is 19.4 Å². The van der Waals surface area contributed by atoms with Crippen LogP contribution in [0.3, 0.4) is 0 Å². The minimum atomic E-state index is -0.469. The molecule has 1 N–H and O–H groups in total. The van der Waals surface area contributed by atoms with Crippen LogP contribution in [0.25, 0.3) is 0 Å². The lowest BCUT2D eigenvalue weighted by Gasteiger charge is -2.12. The lowest BCUT2D eigenvalue weighted by atomic mass is 10.3. The van der Waals surface area contributed by atoms with Gasteiger partial charge in [-0.1, -0.05) is 0 Å². The molecule has 1 aliphatic rings. The second-order valence-electron chi connectivity index (χ2n) is 4.81. The SMILES string of the molecule is CC(=O)C1=NCC(COC(=O)CCC(=O)OC(C)C)N1. The minimum Gasteiger partial charge on any atom is -0.463 e. The molecule has 20 heavy (non-hydrogen) atoms. The highest BCUT2D eigenvalue weighted by atomic mass is 16.5. The molecule has 0 saturated carbocycles. The van der Waals surface area contributed by atoms with Crippen molar-refractivity contribution >= 4 is 23.6 Å². The molecule has 7 nitrogen and oxygen atoms in total. The van der Waals surface area contributed by atoms with Gasteiger partial charge in [0.25, 0.3) is 0 Å². The number of Topliss-reactive ketones (excluding diaryl/α,β-unsaturated/α-hetero) is 1. The Morgan fingerprint density at radius 3 is 2.50 bits per heavy atom. The van der Waals surface area contributed by atoms with Crippen molar-refractivity contribution in [1.29, 1.82) is 0 Å². The maximum atomic E-state index is 11.4. The fourth-order valence-corrected chi connectivity index (χ4v) is 1.59. The number of amidine groups is 1. The number of ketones is 1. The number of rotatable bonds is 7. The summed E-state index contributed by atoms with van der Waals surface area (Å²) in [6.07, 6.45) is -0.202. The number of carbonyl (C=O) groups is 3. The van der Waals surface area contributed by atoms with Crippen molar-refractivity contribution in [3.8, 4) is 0 Å². The third-order valence-corrected chi connectivity index (χ3v) is 2.49. The summed E-state index contributed by atoms with van der Waals surface area (Å²) in [4.78, 5) is 37.7. The van der Waals surface area contributed by atoms with E-state index in [1.54, 1.807) is 13.8 Å². The summed E-state index contributed by atoms with van der Waals surface area (Å²) in [5, 5.41) is 2.87. The van der Waals surface area contributed by atoms with Crippen LogP contribution in [0.2, 0.25) is 0 Å². The first-order valence-electron chi connectivity index (χ1n) is 6.55. The molecule has 0 bridgehead atoms. The molecule has 1 aliphatic heterocycles. The van der Waals surface area contributed by atoms with Gasteiger partial charge in [0.1, 0.15) is 6.61 Å². The number of ether oxygens (including phenoxy) is 2. The van der Waals surface area contributed by atoms with Crippen LogP contribution in [0.15, 0.2) is 4.99 Å². The van der Waals surface area contributed by atoms with E-state index in [-0.39, 0.29) is 37.4 Å². The average molecular weight is 284 g/mol. The summed E-state index contributed by atoms with van der Waals surface area (Å²) in [6, 6.07) is -0.180. The maximum Gasteiger partial charge on any atom is 0.306 e. The quantitative estimate of drug-likeness (QED) is 0.672. The standard InChI is InChI=1S/C13H20N2O5/c1-8(2)20-12(18)5-4-11(17)19-7-10-6-14-13(15-10)9(3)16/h8,10H,4-7H2,1-3H3,(H,14,15). The Morgan fingerprint density at radius 1 is 1.30 bits per heavy atom. The minimum absolute atomic E-state index is 0.00427. The van der Waals surface area contributed by atoms with Crippen molar-refractivity contribution < 1.29 is 23.9 Å². The number of aliphatic imine (C=N–C) groups is 1. The Bertz CT molecular complexity index is 417. The first-order chi connectivity index (χ1) is 9.38. The van der Waals surface area contributed by atoms with E-state index in [1.165, 1.54) is 6.92 Å². The molecule has 112 valence electrons. The number of hydrogen-bond donors (Lipinski definition) is 1. The van der Waals surface area contributed by atoms with Crippen molar-refractivity contribution in [1.82, 2.24) is 5.32 Å². The molecule has 0 radical (unpaired) electrons. The molecule has 1 rings (SSSR count). The number of nitrogens with one attached hydrogen (secondary N) is 1. The number of hydrogen-bond acceptors (Lipinski definition) is 7. The van der Waals surface area contributed by atoms with Crippen LogP contribution in [0.4, 0.5) is 0 Å². The zero-order valence-corrected chi connectivity index (χ0v) is 12.0. The number of nitrogens with zero attached hydrogens (tertiary/aromatic N) is 1. The van der Waals surface area contributed by atoms with Crippen molar-refractivity contribution in [2.24, 2.45) is 4.99 Å². The lowest BCUT2D eigenvalue weighted by molar-refractivity contribution is -0.152. The highest BCUT2D eigenvalue weighted by Crippen LogP contribution is 2.02. The van der Waals surface area contributed by atoms with Crippen molar-refractivity contribution in [3.63, 3.8) is 0 Å². The van der Waals surface area contributed by atoms with Crippen LogP contribution >= 0.6 is 0 Å². The van der Waals surface area contributed by atoms with Gasteiger partial charge in [-0.25, -0.2) is 0 Å². The maximum absolute atomic E-state index is 11.4. The molecule has 0 spiro atoms. The highest BCUT2D eigenvalue weighted by molar-refractivity contribution is 6.38. The van der Waals surface area contributed by atoms with E-state index < -0.39 is 11.9 Å². The van der Waals surface area contributed by atoms with Gasteiger partial charge in [-0.15, -0.1) is 0 Å². The van der Waals surface area contributed by atoms with Crippen LogP contribution in [0, 0.1) is 0 Å². The van der Waals surface area contributed by atoms with Gasteiger partial charge in [-0.05, 0) is 13.8 Å². The molecule has 0 aliphatic carbocycles. The molecule has 7 heteroatoms. The molecule has 0 aromatic heterocycles. The smallest absolute Gasteiger partial charge is 0.306 e. The van der Waals surface area contributed by atoms with Gasteiger partial charge < -0.3 is 14.8 Å². The molecule has 0 aromatic carbocycles. The van der Waals surface area contributed by atoms with E-state index in [9.17, 15) is 14.4 Å². The van der Waals surface area contributed by atoms with Gasteiger partial charge in [0.05, 0.1) is 31.5 Å². The normalized spacial score (nSPS) is 17.4. The zero-order chi connectivity index (χ0) is 15.1. The van der Waals surface area contributed by atoms with E-state index in [1.807, 2.05) is 0 Å². The summed E-state index contributed by atoms with van der Waals surface area (Å²) in [6.45, 7) is 5.43. The van der Waals surface area contributed by atoms with E-state index in [0.29, 0.717) is 12.4 Å². The molecular weight excluding hydrogens is 264 g/mol. The Labute approximate surface area is 117 Å². The van der Waals surface area contributed by atoms with E-state index in [2.05, 4.69) is 10.3 Å². The van der Waals surface area contributed by atoms with E-state index in [0.717, 1.165) is 0 Å². The largest absolute Gasteiger partial charge is 0.463 e. The van der Waals surface area contributed by atoms with Gasteiger partial charge >= 0.3 is 11.9 Å². The molecule has 0 amide bonds.